The van der Waals surface area contributed by atoms with E-state index in [2.05, 4.69) is 4.74 Å². The second kappa shape index (κ2) is 5.04. The Morgan fingerprint density at radius 3 is 2.73 bits per heavy atom. The van der Waals surface area contributed by atoms with Crippen LogP contribution in [0.25, 0.3) is 10.9 Å². The first-order valence-corrected chi connectivity index (χ1v) is 6.16. The maximum Gasteiger partial charge on any atom is 0.405 e. The number of carbonyl (C=O) groups excluding carboxylic acids is 3. The molecule has 2 heterocycles. The highest BCUT2D eigenvalue weighted by atomic mass is 16.7. The van der Waals surface area contributed by atoms with Crippen molar-refractivity contribution in [1.29, 1.82) is 0 Å². The predicted molar refractivity (Wildman–Crippen MR) is 69.6 cm³/mol. The number of nitrogens with two attached hydrogens (primary N) is 1. The Bertz CT molecular complexity index is 782. The SMILES string of the molecule is NC(=O)OC1C(=O)On2c(cc3ccccc32)OC(=O)C1O. The first-order valence-electron chi connectivity index (χ1n) is 6.16. The molecule has 0 spiro atoms. The van der Waals surface area contributed by atoms with Crippen molar-refractivity contribution in [1.82, 2.24) is 4.73 Å². The minimum Gasteiger partial charge on any atom is -0.431 e. The highest BCUT2D eigenvalue weighted by molar-refractivity contribution is 5.91. The van der Waals surface area contributed by atoms with Crippen LogP contribution in [-0.2, 0) is 14.3 Å². The van der Waals surface area contributed by atoms with Crippen molar-refractivity contribution in [2.45, 2.75) is 12.2 Å². The molecule has 2 atom stereocenters. The molecule has 0 saturated heterocycles. The van der Waals surface area contributed by atoms with Crippen LogP contribution in [0.3, 0.4) is 0 Å². The molecule has 0 bridgehead atoms. The van der Waals surface area contributed by atoms with Crippen molar-refractivity contribution in [2.24, 2.45) is 5.73 Å². The van der Waals surface area contributed by atoms with Crippen molar-refractivity contribution in [3.8, 4) is 5.88 Å². The van der Waals surface area contributed by atoms with Gasteiger partial charge in [0.05, 0.1) is 5.52 Å². The van der Waals surface area contributed by atoms with Gasteiger partial charge in [-0.25, -0.2) is 14.4 Å². The third kappa shape index (κ3) is 2.23. The summed E-state index contributed by atoms with van der Waals surface area (Å²) in [6, 6.07) is 8.23. The molecule has 1 aromatic carbocycles. The molecule has 0 radical (unpaired) electrons. The van der Waals surface area contributed by atoms with E-state index in [1.54, 1.807) is 24.3 Å². The second-order valence-electron chi connectivity index (χ2n) is 4.47. The number of aliphatic hydroxyl groups is 1. The van der Waals surface area contributed by atoms with Gasteiger partial charge in [-0.2, -0.15) is 0 Å². The Morgan fingerprint density at radius 1 is 1.27 bits per heavy atom. The molecule has 0 fully saturated rings. The monoisotopic (exact) mass is 306 g/mol. The Kier molecular flexibility index (Phi) is 3.18. The van der Waals surface area contributed by atoms with Gasteiger partial charge in [0.1, 0.15) is 0 Å². The van der Waals surface area contributed by atoms with Crippen LogP contribution in [0.1, 0.15) is 0 Å². The van der Waals surface area contributed by atoms with Crippen LogP contribution in [0.15, 0.2) is 30.3 Å². The maximum absolute atomic E-state index is 12.0. The minimum atomic E-state index is -2.05. The van der Waals surface area contributed by atoms with Crippen molar-refractivity contribution in [3.05, 3.63) is 30.3 Å². The topological polar surface area (TPSA) is 130 Å². The number of nitrogens with zero attached hydrogens (tertiary/aromatic N) is 1. The lowest BCUT2D eigenvalue weighted by Crippen LogP contribution is -2.50. The van der Waals surface area contributed by atoms with Crippen LogP contribution in [-0.4, -0.2) is 40.1 Å². The first-order chi connectivity index (χ1) is 10.5. The number of primary amides is 1. The van der Waals surface area contributed by atoms with Gasteiger partial charge in [-0.3, -0.25) is 0 Å². The summed E-state index contributed by atoms with van der Waals surface area (Å²) < 4.78 is 10.4. The normalized spacial score (nSPS) is 21.3. The zero-order valence-electron chi connectivity index (χ0n) is 11.0. The van der Waals surface area contributed by atoms with Crippen LogP contribution in [0.5, 0.6) is 5.88 Å². The predicted octanol–water partition coefficient (Wildman–Crippen LogP) is -0.660. The van der Waals surface area contributed by atoms with E-state index >= 15 is 0 Å². The number of amides is 1. The third-order valence-electron chi connectivity index (χ3n) is 3.02. The van der Waals surface area contributed by atoms with E-state index in [0.29, 0.717) is 10.9 Å². The molecule has 0 saturated carbocycles. The Morgan fingerprint density at radius 2 is 2.00 bits per heavy atom. The molecule has 1 aliphatic heterocycles. The minimum absolute atomic E-state index is 0.0869. The number of esters is 1. The molecule has 2 unspecified atom stereocenters. The molecule has 22 heavy (non-hydrogen) atoms. The Hall–Kier alpha value is -3.07. The molecule has 9 heteroatoms. The molecule has 3 rings (SSSR count). The fraction of sp³-hybridized carbons (Fsp3) is 0.154. The van der Waals surface area contributed by atoms with Gasteiger partial charge in [-0.1, -0.05) is 18.2 Å². The van der Waals surface area contributed by atoms with Gasteiger partial charge >= 0.3 is 18.0 Å². The molecule has 114 valence electrons. The van der Waals surface area contributed by atoms with Crippen LogP contribution >= 0.6 is 0 Å². The van der Waals surface area contributed by atoms with E-state index in [4.69, 9.17) is 15.3 Å². The van der Waals surface area contributed by atoms with E-state index in [9.17, 15) is 19.5 Å². The number of fused-ring (bicyclic) bond motifs is 3. The summed E-state index contributed by atoms with van der Waals surface area (Å²) in [6.07, 6.45) is -5.31. The van der Waals surface area contributed by atoms with Gasteiger partial charge < -0.3 is 25.2 Å². The van der Waals surface area contributed by atoms with Gasteiger partial charge in [0.25, 0.3) is 0 Å². The van der Waals surface area contributed by atoms with E-state index in [-0.39, 0.29) is 5.88 Å². The fourth-order valence-electron chi connectivity index (χ4n) is 2.07. The Labute approximate surface area is 122 Å². The third-order valence-corrected chi connectivity index (χ3v) is 3.02. The fourth-order valence-corrected chi connectivity index (χ4v) is 2.07. The summed E-state index contributed by atoms with van der Waals surface area (Å²) in [6.45, 7) is 0. The zero-order valence-corrected chi connectivity index (χ0v) is 11.0. The lowest BCUT2D eigenvalue weighted by atomic mass is 10.2. The average molecular weight is 306 g/mol. The number of benzene rings is 1. The number of hydrogen-bond acceptors (Lipinski definition) is 7. The summed E-state index contributed by atoms with van der Waals surface area (Å²) in [5, 5.41) is 10.4. The number of aromatic nitrogens is 1. The molecular weight excluding hydrogens is 296 g/mol. The van der Waals surface area contributed by atoms with Gasteiger partial charge in [-0.15, -0.1) is 4.73 Å². The van der Waals surface area contributed by atoms with E-state index in [1.165, 1.54) is 6.07 Å². The quantitative estimate of drug-likeness (QED) is 0.669. The second-order valence-corrected chi connectivity index (χ2v) is 4.47. The first kappa shape index (κ1) is 13.9. The number of aliphatic hydroxyl groups excluding tert-OH is 1. The lowest BCUT2D eigenvalue weighted by molar-refractivity contribution is -0.173. The van der Waals surface area contributed by atoms with Crippen LogP contribution in [0.2, 0.25) is 0 Å². The van der Waals surface area contributed by atoms with Gasteiger partial charge in [0.15, 0.2) is 0 Å². The summed E-state index contributed by atoms with van der Waals surface area (Å²) >= 11 is 0. The molecule has 3 N–H and O–H groups in total. The molecule has 1 aliphatic rings. The van der Waals surface area contributed by atoms with Gasteiger partial charge in [0, 0.05) is 11.5 Å². The molecule has 1 aromatic heterocycles. The highest BCUT2D eigenvalue weighted by Gasteiger charge is 2.41. The summed E-state index contributed by atoms with van der Waals surface area (Å²) in [4.78, 5) is 39.7. The highest BCUT2D eigenvalue weighted by Crippen LogP contribution is 2.26. The van der Waals surface area contributed by atoms with Crippen molar-refractivity contribution < 1.29 is 33.8 Å². The maximum atomic E-state index is 12.0. The number of rotatable bonds is 1. The van der Waals surface area contributed by atoms with Crippen molar-refractivity contribution in [3.63, 3.8) is 0 Å². The molecule has 0 aliphatic carbocycles. The standard InChI is InChI=1S/C13H10N2O7/c14-13(19)21-10-9(16)11(17)20-8-5-6-3-1-2-4-7(6)15(8)22-12(10)18/h1-5,9-10,16H,(H2,14,19). The molecule has 1 amide bonds. The van der Waals surface area contributed by atoms with Crippen molar-refractivity contribution >= 4 is 28.9 Å². The molecule has 2 aromatic rings. The Balaban J connectivity index is 2.08. The van der Waals surface area contributed by atoms with Crippen LogP contribution < -0.4 is 15.3 Å². The number of carbonyl (C=O) groups is 3. The number of para-hydroxylation sites is 1. The number of ether oxygens (including phenoxy) is 2. The van der Waals surface area contributed by atoms with E-state index in [0.717, 1.165) is 4.73 Å². The van der Waals surface area contributed by atoms with Crippen LogP contribution in [0, 0.1) is 0 Å². The lowest BCUT2D eigenvalue weighted by Gasteiger charge is -2.22. The summed E-state index contributed by atoms with van der Waals surface area (Å²) in [5.74, 6) is -2.42. The van der Waals surface area contributed by atoms with Gasteiger partial charge in [-0.05, 0) is 6.07 Å². The number of hydrogen-bond donors (Lipinski definition) is 2. The van der Waals surface area contributed by atoms with E-state index in [1.807, 2.05) is 0 Å². The van der Waals surface area contributed by atoms with Crippen molar-refractivity contribution in [2.75, 3.05) is 0 Å². The molecule has 9 nitrogen and oxygen atoms in total. The largest absolute Gasteiger partial charge is 0.431 e. The van der Waals surface area contributed by atoms with E-state index < -0.39 is 30.2 Å². The average Bonchev–Trinajstić information content (AvgIpc) is 2.80. The van der Waals surface area contributed by atoms with Gasteiger partial charge in [0.2, 0.25) is 18.1 Å². The zero-order chi connectivity index (χ0) is 15.9. The molecular formula is C13H10N2O7. The smallest absolute Gasteiger partial charge is 0.405 e. The van der Waals surface area contributed by atoms with Crippen LogP contribution in [0.4, 0.5) is 4.79 Å². The summed E-state index contributed by atoms with van der Waals surface area (Å²) in [5.41, 5.74) is 5.26. The summed E-state index contributed by atoms with van der Waals surface area (Å²) in [7, 11) is 0.